The highest BCUT2D eigenvalue weighted by Crippen LogP contribution is 2.23. The van der Waals surface area contributed by atoms with Gasteiger partial charge in [-0.1, -0.05) is 29.3 Å². The molecule has 0 bridgehead atoms. The molecule has 1 aliphatic rings. The van der Waals surface area contributed by atoms with E-state index >= 15 is 0 Å². The fourth-order valence-corrected chi connectivity index (χ4v) is 3.03. The van der Waals surface area contributed by atoms with Gasteiger partial charge < -0.3 is 19.7 Å². The molecule has 140 valence electrons. The lowest BCUT2D eigenvalue weighted by molar-refractivity contribution is 0.0887. The van der Waals surface area contributed by atoms with Crippen molar-refractivity contribution in [3.05, 3.63) is 33.8 Å². The van der Waals surface area contributed by atoms with Crippen LogP contribution >= 0.6 is 23.2 Å². The molecule has 0 spiro atoms. The third-order valence-corrected chi connectivity index (χ3v) is 4.84. The summed E-state index contributed by atoms with van der Waals surface area (Å²) in [6, 6.07) is 5.67. The molecule has 1 aromatic carbocycles. The molecule has 1 unspecified atom stereocenters. The second-order valence-electron chi connectivity index (χ2n) is 6.24. The number of nitrogens with one attached hydrogen (secondary N) is 1. The van der Waals surface area contributed by atoms with E-state index in [1.54, 1.807) is 7.05 Å². The fourth-order valence-electron chi connectivity index (χ4n) is 2.71. The summed E-state index contributed by atoms with van der Waals surface area (Å²) in [5, 5.41) is 4.50. The minimum absolute atomic E-state index is 0.568. The van der Waals surface area contributed by atoms with E-state index in [1.165, 1.54) is 0 Å². The van der Waals surface area contributed by atoms with Gasteiger partial charge in [0.25, 0.3) is 0 Å². The van der Waals surface area contributed by atoms with Crippen LogP contribution in [0.5, 0.6) is 0 Å². The molecule has 0 radical (unpaired) electrons. The van der Waals surface area contributed by atoms with Crippen LogP contribution in [0.4, 0.5) is 0 Å². The van der Waals surface area contributed by atoms with Gasteiger partial charge in [-0.25, -0.2) is 0 Å². The standard InChI is InChI=1S/C18H27Cl2N3O2/c1-21-18(22-7-3-8-24-12-15-6-9-25-13-15)23(2)11-14-4-5-16(19)17(20)10-14/h4-5,10,15H,3,6-9,11-13H2,1-2H3,(H,21,22). The van der Waals surface area contributed by atoms with Crippen molar-refractivity contribution in [2.24, 2.45) is 10.9 Å². The molecular weight excluding hydrogens is 361 g/mol. The van der Waals surface area contributed by atoms with Crippen molar-refractivity contribution >= 4 is 29.2 Å². The molecule has 5 nitrogen and oxygen atoms in total. The molecule has 0 aliphatic carbocycles. The largest absolute Gasteiger partial charge is 0.381 e. The molecular formula is C18H27Cl2N3O2. The second kappa shape index (κ2) is 10.9. The van der Waals surface area contributed by atoms with E-state index in [1.807, 2.05) is 25.2 Å². The van der Waals surface area contributed by atoms with Crippen molar-refractivity contribution in [2.45, 2.75) is 19.4 Å². The van der Waals surface area contributed by atoms with Gasteiger partial charge in [0.15, 0.2) is 5.96 Å². The number of rotatable bonds is 8. The number of aliphatic imine (C=N–C) groups is 1. The van der Waals surface area contributed by atoms with E-state index in [0.717, 1.165) is 57.3 Å². The maximum Gasteiger partial charge on any atom is 0.193 e. The maximum atomic E-state index is 6.07. The Kier molecular flexibility index (Phi) is 8.82. The summed E-state index contributed by atoms with van der Waals surface area (Å²) < 4.78 is 11.1. The van der Waals surface area contributed by atoms with Gasteiger partial charge >= 0.3 is 0 Å². The number of guanidine groups is 1. The molecule has 0 amide bonds. The maximum absolute atomic E-state index is 6.07. The highest BCUT2D eigenvalue weighted by molar-refractivity contribution is 6.42. The summed E-state index contributed by atoms with van der Waals surface area (Å²) in [5.74, 6) is 1.41. The van der Waals surface area contributed by atoms with E-state index in [4.69, 9.17) is 32.7 Å². The van der Waals surface area contributed by atoms with Gasteiger partial charge in [-0.05, 0) is 30.5 Å². The predicted octanol–water partition coefficient (Wildman–Crippen LogP) is 3.44. The normalized spacial score (nSPS) is 17.8. The van der Waals surface area contributed by atoms with Gasteiger partial charge in [-0.15, -0.1) is 0 Å². The van der Waals surface area contributed by atoms with Crippen molar-refractivity contribution in [1.29, 1.82) is 0 Å². The first-order valence-electron chi connectivity index (χ1n) is 8.61. The lowest BCUT2D eigenvalue weighted by Gasteiger charge is -2.22. The number of benzene rings is 1. The molecule has 7 heteroatoms. The van der Waals surface area contributed by atoms with Gasteiger partial charge in [0, 0.05) is 46.3 Å². The topological polar surface area (TPSA) is 46.1 Å². The van der Waals surface area contributed by atoms with Gasteiger partial charge in [0.1, 0.15) is 0 Å². The number of nitrogens with zero attached hydrogens (tertiary/aromatic N) is 2. The molecule has 1 aliphatic heterocycles. The van der Waals surface area contributed by atoms with Gasteiger partial charge in [-0.3, -0.25) is 4.99 Å². The second-order valence-corrected chi connectivity index (χ2v) is 7.05. The van der Waals surface area contributed by atoms with E-state index < -0.39 is 0 Å². The lowest BCUT2D eigenvalue weighted by atomic mass is 10.1. The molecule has 1 N–H and O–H groups in total. The van der Waals surface area contributed by atoms with E-state index in [0.29, 0.717) is 22.5 Å². The number of hydrogen-bond acceptors (Lipinski definition) is 3. The van der Waals surface area contributed by atoms with Crippen molar-refractivity contribution in [1.82, 2.24) is 10.2 Å². The number of hydrogen-bond donors (Lipinski definition) is 1. The summed E-state index contributed by atoms with van der Waals surface area (Å²) in [4.78, 5) is 6.37. The Labute approximate surface area is 160 Å². The smallest absolute Gasteiger partial charge is 0.193 e. The monoisotopic (exact) mass is 387 g/mol. The van der Waals surface area contributed by atoms with E-state index in [9.17, 15) is 0 Å². The summed E-state index contributed by atoms with van der Waals surface area (Å²) >= 11 is 12.0. The Morgan fingerprint density at radius 2 is 2.24 bits per heavy atom. The third kappa shape index (κ3) is 7.02. The van der Waals surface area contributed by atoms with E-state index in [-0.39, 0.29) is 0 Å². The molecule has 1 fully saturated rings. The van der Waals surface area contributed by atoms with Crippen LogP contribution in [-0.2, 0) is 16.0 Å². The first-order chi connectivity index (χ1) is 12.1. The quantitative estimate of drug-likeness (QED) is 0.421. The Morgan fingerprint density at radius 3 is 2.92 bits per heavy atom. The van der Waals surface area contributed by atoms with Crippen LogP contribution in [0.3, 0.4) is 0 Å². The van der Waals surface area contributed by atoms with Crippen LogP contribution in [0.2, 0.25) is 10.0 Å². The van der Waals surface area contributed by atoms with Crippen molar-refractivity contribution < 1.29 is 9.47 Å². The van der Waals surface area contributed by atoms with Crippen LogP contribution in [0.25, 0.3) is 0 Å². The van der Waals surface area contributed by atoms with Crippen molar-refractivity contribution in [3.63, 3.8) is 0 Å². The zero-order valence-electron chi connectivity index (χ0n) is 14.9. The average Bonchev–Trinajstić information content (AvgIpc) is 3.11. The minimum atomic E-state index is 0.568. The van der Waals surface area contributed by atoms with Crippen LogP contribution < -0.4 is 5.32 Å². The predicted molar refractivity (Wildman–Crippen MR) is 104 cm³/mol. The molecule has 2 rings (SSSR count). The third-order valence-electron chi connectivity index (χ3n) is 4.10. The van der Waals surface area contributed by atoms with Crippen molar-refractivity contribution in [2.75, 3.05) is 47.1 Å². The molecule has 1 aromatic rings. The van der Waals surface area contributed by atoms with Gasteiger partial charge in [0.05, 0.1) is 23.3 Å². The summed E-state index contributed by atoms with van der Waals surface area (Å²) in [6.07, 6.45) is 2.05. The molecule has 0 aromatic heterocycles. The SMILES string of the molecule is CN=C(NCCCOCC1CCOC1)N(C)Cc1ccc(Cl)c(Cl)c1. The Bertz CT molecular complexity index is 563. The lowest BCUT2D eigenvalue weighted by Crippen LogP contribution is -2.39. The number of halogens is 2. The minimum Gasteiger partial charge on any atom is -0.381 e. The van der Waals surface area contributed by atoms with E-state index in [2.05, 4.69) is 15.2 Å². The first-order valence-corrected chi connectivity index (χ1v) is 9.37. The highest BCUT2D eigenvalue weighted by Gasteiger charge is 2.15. The van der Waals surface area contributed by atoms with Crippen molar-refractivity contribution in [3.8, 4) is 0 Å². The molecule has 1 atom stereocenters. The summed E-state index contributed by atoms with van der Waals surface area (Å²) in [7, 11) is 3.78. The number of ether oxygens (including phenoxy) is 2. The molecule has 1 saturated heterocycles. The van der Waals surface area contributed by atoms with Gasteiger partial charge in [-0.2, -0.15) is 0 Å². The summed E-state index contributed by atoms with van der Waals surface area (Å²) in [5.41, 5.74) is 1.09. The zero-order valence-corrected chi connectivity index (χ0v) is 16.4. The Balaban J connectivity index is 1.65. The molecule has 25 heavy (non-hydrogen) atoms. The average molecular weight is 388 g/mol. The fraction of sp³-hybridized carbons (Fsp3) is 0.611. The molecule has 0 saturated carbocycles. The first kappa shape index (κ1) is 20.3. The zero-order chi connectivity index (χ0) is 18.1. The Morgan fingerprint density at radius 1 is 1.40 bits per heavy atom. The van der Waals surface area contributed by atoms with Gasteiger partial charge in [0.2, 0.25) is 0 Å². The highest BCUT2D eigenvalue weighted by atomic mass is 35.5. The molecule has 1 heterocycles. The Hall–Kier alpha value is -1.01. The van der Waals surface area contributed by atoms with Crippen LogP contribution in [0, 0.1) is 5.92 Å². The summed E-state index contributed by atoms with van der Waals surface area (Å²) in [6.45, 7) is 4.78. The van der Waals surface area contributed by atoms with Crippen LogP contribution in [0.15, 0.2) is 23.2 Å². The van der Waals surface area contributed by atoms with Crippen LogP contribution in [-0.4, -0.2) is 57.9 Å². The van der Waals surface area contributed by atoms with Crippen LogP contribution in [0.1, 0.15) is 18.4 Å².